The van der Waals surface area contributed by atoms with Gasteiger partial charge in [-0.25, -0.2) is 9.37 Å². The number of likely N-dealkylation sites (N-methyl/N-ethyl adjacent to an activating group) is 1. The second-order valence-corrected chi connectivity index (χ2v) is 8.92. The van der Waals surface area contributed by atoms with Crippen molar-refractivity contribution >= 4 is 21.9 Å². The summed E-state index contributed by atoms with van der Waals surface area (Å²) >= 11 is 0. The first-order valence-electron chi connectivity index (χ1n) is 10.7. The summed E-state index contributed by atoms with van der Waals surface area (Å²) in [5, 5.41) is 6.04. The van der Waals surface area contributed by atoms with Crippen LogP contribution >= 0.6 is 0 Å². The van der Waals surface area contributed by atoms with E-state index in [-0.39, 0.29) is 11.4 Å². The van der Waals surface area contributed by atoms with E-state index in [2.05, 4.69) is 62.6 Å². The van der Waals surface area contributed by atoms with Crippen molar-refractivity contribution in [3.05, 3.63) is 42.2 Å². The van der Waals surface area contributed by atoms with Crippen molar-refractivity contribution in [2.75, 3.05) is 33.2 Å². The Labute approximate surface area is 186 Å². The Bertz CT molecular complexity index is 1360. The van der Waals surface area contributed by atoms with E-state index >= 15 is 0 Å². The molecule has 0 amide bonds. The van der Waals surface area contributed by atoms with Crippen LogP contribution in [0.25, 0.3) is 33.2 Å². The minimum absolute atomic E-state index is 0.250. The second-order valence-electron chi connectivity index (χ2n) is 8.92. The Morgan fingerprint density at radius 3 is 2.56 bits per heavy atom. The molecule has 1 aliphatic heterocycles. The maximum atomic E-state index is 13.8. The number of hydrogen-bond donors (Lipinski definition) is 1. The van der Waals surface area contributed by atoms with Gasteiger partial charge in [-0.1, -0.05) is 5.92 Å². The summed E-state index contributed by atoms with van der Waals surface area (Å²) in [5.41, 5.74) is 3.62. The smallest absolute Gasteiger partial charge is 0.142 e. The number of rotatable bonds is 2. The summed E-state index contributed by atoms with van der Waals surface area (Å²) in [6, 6.07) is 3.44. The van der Waals surface area contributed by atoms with Crippen LogP contribution in [0.3, 0.4) is 0 Å². The predicted octanol–water partition coefficient (Wildman–Crippen LogP) is 3.03. The van der Waals surface area contributed by atoms with E-state index in [1.165, 1.54) is 12.3 Å². The zero-order valence-electron chi connectivity index (χ0n) is 18.8. The SMILES string of the molecule is CN1CCN(C(C)(C)C#Cc2c(-c3cc4c(cn3)[nH]c3ncc(F)cc34)cnn2C)CC1. The summed E-state index contributed by atoms with van der Waals surface area (Å²) in [6.07, 6.45) is 4.75. The Hall–Kier alpha value is -3.28. The summed E-state index contributed by atoms with van der Waals surface area (Å²) in [6.45, 7) is 8.43. The van der Waals surface area contributed by atoms with Gasteiger partial charge in [0.1, 0.15) is 17.2 Å². The first-order chi connectivity index (χ1) is 15.3. The number of nitrogens with zero attached hydrogens (tertiary/aromatic N) is 6. The van der Waals surface area contributed by atoms with Crippen molar-refractivity contribution in [1.29, 1.82) is 0 Å². The van der Waals surface area contributed by atoms with Crippen LogP contribution in [0.2, 0.25) is 0 Å². The van der Waals surface area contributed by atoms with Crippen molar-refractivity contribution in [3.63, 3.8) is 0 Å². The fraction of sp³-hybridized carbons (Fsp3) is 0.375. The van der Waals surface area contributed by atoms with Crippen LogP contribution < -0.4 is 0 Å². The summed E-state index contributed by atoms with van der Waals surface area (Å²) in [5.74, 6) is 6.48. The molecule has 0 spiro atoms. The molecule has 4 aromatic heterocycles. The Morgan fingerprint density at radius 1 is 1.00 bits per heavy atom. The molecule has 0 atom stereocenters. The van der Waals surface area contributed by atoms with Gasteiger partial charge in [-0.2, -0.15) is 5.10 Å². The molecule has 32 heavy (non-hydrogen) atoms. The maximum absolute atomic E-state index is 13.8. The van der Waals surface area contributed by atoms with Gasteiger partial charge in [0.2, 0.25) is 0 Å². The van der Waals surface area contributed by atoms with E-state index in [0.717, 1.165) is 59.4 Å². The third-order valence-corrected chi connectivity index (χ3v) is 6.30. The molecule has 4 aromatic rings. The minimum atomic E-state index is -0.365. The van der Waals surface area contributed by atoms with Gasteiger partial charge in [0.05, 0.1) is 40.9 Å². The fourth-order valence-corrected chi connectivity index (χ4v) is 4.23. The van der Waals surface area contributed by atoms with Gasteiger partial charge in [0.15, 0.2) is 0 Å². The van der Waals surface area contributed by atoms with Crippen molar-refractivity contribution in [2.24, 2.45) is 7.05 Å². The lowest BCUT2D eigenvalue weighted by atomic mass is 10.0. The van der Waals surface area contributed by atoms with Gasteiger partial charge in [0.25, 0.3) is 0 Å². The molecule has 1 N–H and O–H groups in total. The second kappa shape index (κ2) is 7.69. The number of piperazine rings is 1. The van der Waals surface area contributed by atoms with E-state index in [9.17, 15) is 4.39 Å². The molecule has 0 aliphatic carbocycles. The number of H-pyrrole nitrogens is 1. The van der Waals surface area contributed by atoms with Crippen LogP contribution in [0.15, 0.2) is 30.7 Å². The summed E-state index contributed by atoms with van der Waals surface area (Å²) in [7, 11) is 4.04. The summed E-state index contributed by atoms with van der Waals surface area (Å²) in [4.78, 5) is 16.7. The molecule has 5 rings (SSSR count). The standard InChI is InChI=1S/C24H26FN7/c1-24(2,32-9-7-30(3)8-10-32)6-5-22-19(14-28-31(22)4)20-12-17-18-11-16(25)13-27-23(18)29-21(17)15-26-20/h11-15H,7-10H2,1-4H3,(H,27,29). The zero-order valence-corrected chi connectivity index (χ0v) is 18.8. The predicted molar refractivity (Wildman–Crippen MR) is 124 cm³/mol. The van der Waals surface area contributed by atoms with Gasteiger partial charge < -0.3 is 9.88 Å². The molecule has 164 valence electrons. The Morgan fingerprint density at radius 2 is 1.78 bits per heavy atom. The van der Waals surface area contributed by atoms with E-state index in [1.54, 1.807) is 17.1 Å². The third kappa shape index (κ3) is 3.64. The molecule has 7 nitrogen and oxygen atoms in total. The number of fused-ring (bicyclic) bond motifs is 3. The van der Waals surface area contributed by atoms with Crippen molar-refractivity contribution < 1.29 is 4.39 Å². The van der Waals surface area contributed by atoms with E-state index in [0.29, 0.717) is 5.65 Å². The normalized spacial score (nSPS) is 15.9. The molecule has 0 unspecified atom stereocenters. The van der Waals surface area contributed by atoms with Crippen LogP contribution in [-0.4, -0.2) is 73.3 Å². The number of aromatic amines is 1. The molecular weight excluding hydrogens is 405 g/mol. The van der Waals surface area contributed by atoms with E-state index < -0.39 is 0 Å². The van der Waals surface area contributed by atoms with Crippen LogP contribution in [0, 0.1) is 17.7 Å². The molecule has 5 heterocycles. The topological polar surface area (TPSA) is 65.9 Å². The van der Waals surface area contributed by atoms with Crippen LogP contribution in [0.1, 0.15) is 19.5 Å². The first-order valence-corrected chi connectivity index (χ1v) is 10.7. The molecule has 0 aromatic carbocycles. The molecule has 1 fully saturated rings. The lowest BCUT2D eigenvalue weighted by Gasteiger charge is -2.40. The van der Waals surface area contributed by atoms with Crippen molar-refractivity contribution in [3.8, 4) is 23.1 Å². The number of aryl methyl sites for hydroxylation is 1. The molecule has 1 saturated heterocycles. The summed E-state index contributed by atoms with van der Waals surface area (Å²) < 4.78 is 15.6. The van der Waals surface area contributed by atoms with Crippen LogP contribution in [0.5, 0.6) is 0 Å². The van der Waals surface area contributed by atoms with E-state index in [1.807, 2.05) is 13.1 Å². The lowest BCUT2D eigenvalue weighted by molar-refractivity contribution is 0.0946. The van der Waals surface area contributed by atoms with E-state index in [4.69, 9.17) is 0 Å². The highest BCUT2D eigenvalue weighted by Crippen LogP contribution is 2.29. The van der Waals surface area contributed by atoms with Crippen LogP contribution in [-0.2, 0) is 7.05 Å². The molecule has 1 aliphatic rings. The average molecular weight is 432 g/mol. The van der Waals surface area contributed by atoms with Crippen LogP contribution in [0.4, 0.5) is 4.39 Å². The first kappa shape index (κ1) is 20.6. The number of pyridine rings is 2. The molecule has 0 bridgehead atoms. The number of halogens is 1. The molecule has 8 heteroatoms. The van der Waals surface area contributed by atoms with Crippen molar-refractivity contribution in [1.82, 2.24) is 34.5 Å². The maximum Gasteiger partial charge on any atom is 0.142 e. The largest absolute Gasteiger partial charge is 0.338 e. The molecule has 0 saturated carbocycles. The average Bonchev–Trinajstić information content (AvgIpc) is 3.32. The van der Waals surface area contributed by atoms with Gasteiger partial charge in [-0.15, -0.1) is 0 Å². The highest BCUT2D eigenvalue weighted by atomic mass is 19.1. The quantitative estimate of drug-likeness (QED) is 0.494. The van der Waals surface area contributed by atoms with Gasteiger partial charge in [-0.3, -0.25) is 14.6 Å². The van der Waals surface area contributed by atoms with Gasteiger partial charge in [0, 0.05) is 44.0 Å². The van der Waals surface area contributed by atoms with Crippen molar-refractivity contribution in [2.45, 2.75) is 19.4 Å². The number of aromatic nitrogens is 5. The number of hydrogen-bond acceptors (Lipinski definition) is 5. The lowest BCUT2D eigenvalue weighted by Crippen LogP contribution is -2.53. The Kier molecular flexibility index (Phi) is 4.96. The zero-order chi connectivity index (χ0) is 22.5. The molecular formula is C24H26FN7. The minimum Gasteiger partial charge on any atom is -0.338 e. The molecule has 0 radical (unpaired) electrons. The van der Waals surface area contributed by atoms with Gasteiger partial charge in [-0.05, 0) is 38.9 Å². The Balaban J connectivity index is 1.53. The highest BCUT2D eigenvalue weighted by Gasteiger charge is 2.27. The monoisotopic (exact) mass is 431 g/mol. The fourth-order valence-electron chi connectivity index (χ4n) is 4.23. The third-order valence-electron chi connectivity index (χ3n) is 6.30. The number of nitrogens with one attached hydrogen (secondary N) is 1. The van der Waals surface area contributed by atoms with Gasteiger partial charge >= 0.3 is 0 Å². The highest BCUT2D eigenvalue weighted by molar-refractivity contribution is 6.06.